The number of aryl methyl sites for hydroxylation is 2. The minimum atomic E-state index is -3.08. The number of rotatable bonds is 23. The maximum atomic E-state index is 12.2. The van der Waals surface area contributed by atoms with Crippen molar-refractivity contribution in [1.29, 1.82) is 0 Å². The molecule has 0 amide bonds. The molecule has 0 aliphatic carbocycles. The van der Waals surface area contributed by atoms with Gasteiger partial charge in [0.1, 0.15) is 23.7 Å². The van der Waals surface area contributed by atoms with Gasteiger partial charge in [-0.2, -0.15) is 0 Å². The van der Waals surface area contributed by atoms with Crippen molar-refractivity contribution in [3.8, 4) is 11.5 Å². The van der Waals surface area contributed by atoms with Crippen molar-refractivity contribution in [3.05, 3.63) is 59.7 Å². The lowest BCUT2D eigenvalue weighted by molar-refractivity contribution is -0.137. The van der Waals surface area contributed by atoms with E-state index in [1.165, 1.54) is 12.5 Å². The van der Waals surface area contributed by atoms with Gasteiger partial charge < -0.3 is 25.9 Å². The number of methoxy groups -OCH3 is 1. The molecule has 0 saturated heterocycles. The van der Waals surface area contributed by atoms with Crippen LogP contribution in [0.1, 0.15) is 37.3 Å². The third-order valence-corrected chi connectivity index (χ3v) is 30.8. The van der Waals surface area contributed by atoms with Gasteiger partial charge >= 0.3 is 14.8 Å². The summed E-state index contributed by atoms with van der Waals surface area (Å²) in [4.78, 5) is 23.7. The monoisotopic (exact) mass is 808 g/mol. The molecule has 8 nitrogen and oxygen atoms in total. The number of carbonyl (C=O) groups excluding carboxylic acids is 2. The molecule has 2 aromatic carbocycles. The number of benzene rings is 2. The van der Waals surface area contributed by atoms with Gasteiger partial charge in [0.15, 0.2) is 41.6 Å². The molecule has 0 saturated carbocycles. The van der Waals surface area contributed by atoms with E-state index in [4.69, 9.17) is 25.9 Å². The summed E-state index contributed by atoms with van der Waals surface area (Å²) in [6.45, 7) is 28.8. The molecule has 51 heavy (non-hydrogen) atoms. The summed E-state index contributed by atoms with van der Waals surface area (Å²) >= 11 is 0. The van der Waals surface area contributed by atoms with Crippen LogP contribution in [0, 0.1) is 0 Å². The number of carbonyl (C=O) groups is 2. The molecule has 0 fully saturated rings. The Morgan fingerprint density at radius 2 is 0.941 bits per heavy atom. The van der Waals surface area contributed by atoms with E-state index in [9.17, 15) is 9.59 Å². The number of hydrogen-bond acceptors (Lipinski definition) is 8. The number of hydrogen-bond donors (Lipinski definition) is 0. The summed E-state index contributed by atoms with van der Waals surface area (Å²) in [6, 6.07) is 19.8. The number of ketones is 1. The molecule has 0 bridgehead atoms. The zero-order valence-corrected chi connectivity index (χ0v) is 40.2. The minimum Gasteiger partial charge on any atom is -0.496 e. The lowest BCUT2D eigenvalue weighted by Gasteiger charge is -2.44. The quantitative estimate of drug-likeness (QED) is 0.0475. The number of para-hydroxylation sites is 2. The first-order valence-electron chi connectivity index (χ1n) is 18.5. The van der Waals surface area contributed by atoms with E-state index >= 15 is 0 Å². The van der Waals surface area contributed by atoms with Crippen LogP contribution in [0.25, 0.3) is 0 Å². The normalized spacial score (nSPS) is 14.2. The molecule has 0 aliphatic rings. The van der Waals surface area contributed by atoms with Gasteiger partial charge in [-0.05, 0) is 152 Å². The molecule has 1 unspecified atom stereocenters. The number of esters is 1. The zero-order chi connectivity index (χ0) is 38.7. The summed E-state index contributed by atoms with van der Waals surface area (Å²) in [6.07, 6.45) is 3.33. The van der Waals surface area contributed by atoms with Crippen LogP contribution in [0.15, 0.2) is 48.5 Å². The molecular formula is C37H68O8Si6. The number of Topliss-reactive ketones (excluding diaryl/α,β-unsaturated/α-hetero) is 1. The fraction of sp³-hybridized carbons (Fsp3) is 0.622. The standard InChI is InChI=1S/C37H68O8Si6/c1-32(38)31-37(39)41-36-26-18-16-22-34(36)24-20-28-48(8,9)44-51(14,45-50(12,13)30-29-49(10,11)42-46(3,4)5)43-47(6,7)27-19-23-33-21-15-17-25-35(33)40-2/h15-18,21-22,25-26H,19-20,23-24,27-31H2,1-14H3. The molecule has 1 atom stereocenters. The largest absolute Gasteiger partial charge is 0.496 e. The summed E-state index contributed by atoms with van der Waals surface area (Å²) in [7, 11) is -11.5. The Morgan fingerprint density at radius 1 is 0.549 bits per heavy atom. The third-order valence-electron chi connectivity index (χ3n) is 8.53. The van der Waals surface area contributed by atoms with Crippen LogP contribution in [0.5, 0.6) is 11.5 Å². The molecule has 0 aliphatic heterocycles. The maximum absolute atomic E-state index is 12.2. The molecule has 0 N–H and O–H groups in total. The first-order chi connectivity index (χ1) is 23.3. The molecule has 14 heteroatoms. The molecule has 288 valence electrons. The first kappa shape index (κ1) is 45.7. The molecule has 0 radical (unpaired) electrons. The van der Waals surface area contributed by atoms with E-state index in [1.807, 2.05) is 30.3 Å². The Bertz CT molecular complexity index is 1430. The summed E-state index contributed by atoms with van der Waals surface area (Å²) in [5.41, 5.74) is 2.18. The fourth-order valence-corrected chi connectivity index (χ4v) is 35.5. The van der Waals surface area contributed by atoms with Crippen LogP contribution in [0.2, 0.25) is 103 Å². The Labute approximate surface area is 316 Å². The van der Waals surface area contributed by atoms with E-state index in [0.29, 0.717) is 5.75 Å². The van der Waals surface area contributed by atoms with E-state index in [0.717, 1.165) is 61.2 Å². The van der Waals surface area contributed by atoms with Crippen molar-refractivity contribution in [3.63, 3.8) is 0 Å². The Kier molecular flexibility index (Phi) is 17.2. The van der Waals surface area contributed by atoms with Crippen molar-refractivity contribution in [2.45, 2.75) is 142 Å². The van der Waals surface area contributed by atoms with E-state index in [-0.39, 0.29) is 12.2 Å². The SMILES string of the molecule is COc1ccccc1CCC[Si](C)(C)O[Si](C)(O[Si](C)(C)CCCc1ccccc1OC(=O)CC(C)=O)O[Si](C)(C)CC[Si](C)(C)O[Si](C)(C)C. The van der Waals surface area contributed by atoms with Crippen molar-refractivity contribution in [2.24, 2.45) is 0 Å². The zero-order valence-electron chi connectivity index (χ0n) is 34.2. The molecule has 0 aromatic heterocycles. The predicted octanol–water partition coefficient (Wildman–Crippen LogP) is 10.4. The van der Waals surface area contributed by atoms with E-state index in [1.54, 1.807) is 13.2 Å². The van der Waals surface area contributed by atoms with Crippen molar-refractivity contribution >= 4 is 62.1 Å². The first-order valence-corrected chi connectivity index (χ1v) is 36.6. The van der Waals surface area contributed by atoms with Gasteiger partial charge in [0, 0.05) is 6.55 Å². The molecule has 0 spiro atoms. The van der Waals surface area contributed by atoms with E-state index in [2.05, 4.69) is 90.7 Å². The smallest absolute Gasteiger partial charge is 0.466 e. The van der Waals surface area contributed by atoms with Crippen LogP contribution in [-0.2, 0) is 38.9 Å². The average molecular weight is 809 g/mol. The average Bonchev–Trinajstić information content (AvgIpc) is 2.94. The maximum Gasteiger partial charge on any atom is 0.466 e. The summed E-state index contributed by atoms with van der Waals surface area (Å²) in [5, 5.41) is 0. The third kappa shape index (κ3) is 18.4. The van der Waals surface area contributed by atoms with Crippen LogP contribution in [0.3, 0.4) is 0 Å². The molecule has 0 heterocycles. The van der Waals surface area contributed by atoms with Crippen molar-refractivity contribution < 1.29 is 35.5 Å². The Morgan fingerprint density at radius 3 is 1.37 bits per heavy atom. The molecule has 2 aromatic rings. The highest BCUT2D eigenvalue weighted by Crippen LogP contribution is 2.34. The van der Waals surface area contributed by atoms with Crippen LogP contribution in [0.4, 0.5) is 0 Å². The van der Waals surface area contributed by atoms with Crippen molar-refractivity contribution in [2.75, 3.05) is 7.11 Å². The summed E-state index contributed by atoms with van der Waals surface area (Å²) < 4.78 is 39.6. The highest BCUT2D eigenvalue weighted by molar-refractivity contribution is 6.91. The van der Waals surface area contributed by atoms with Gasteiger partial charge in [0.25, 0.3) is 0 Å². The van der Waals surface area contributed by atoms with Gasteiger partial charge in [-0.1, -0.05) is 36.4 Å². The number of ether oxygens (including phenoxy) is 2. The highest BCUT2D eigenvalue weighted by Gasteiger charge is 2.49. The molecule has 2 rings (SSSR count). The van der Waals surface area contributed by atoms with Crippen LogP contribution < -0.4 is 9.47 Å². The van der Waals surface area contributed by atoms with E-state index < -0.39 is 56.4 Å². The Balaban J connectivity index is 2.22. The van der Waals surface area contributed by atoms with Gasteiger partial charge in [-0.15, -0.1) is 0 Å². The lowest BCUT2D eigenvalue weighted by Crippen LogP contribution is -2.60. The van der Waals surface area contributed by atoms with Crippen molar-refractivity contribution in [1.82, 2.24) is 0 Å². The molecular weight excluding hydrogens is 741 g/mol. The summed E-state index contributed by atoms with van der Waals surface area (Å²) in [5.74, 6) is 0.723. The van der Waals surface area contributed by atoms with Gasteiger partial charge in [0.05, 0.1) is 7.11 Å². The predicted molar refractivity (Wildman–Crippen MR) is 225 cm³/mol. The lowest BCUT2D eigenvalue weighted by atomic mass is 10.1. The second-order valence-electron chi connectivity index (χ2n) is 17.4. The second kappa shape index (κ2) is 19.2. The minimum absolute atomic E-state index is 0.210. The topological polar surface area (TPSA) is 89.5 Å². The second-order valence-corrected chi connectivity index (χ2v) is 42.7. The Hall–Kier alpha value is -1.48. The van der Waals surface area contributed by atoms with Gasteiger partial charge in [-0.25, -0.2) is 0 Å². The highest BCUT2D eigenvalue weighted by atomic mass is 28.5. The van der Waals surface area contributed by atoms with Crippen LogP contribution in [-0.4, -0.2) is 69.3 Å². The van der Waals surface area contributed by atoms with Gasteiger partial charge in [-0.3, -0.25) is 9.59 Å². The van der Waals surface area contributed by atoms with Crippen LogP contribution >= 0.6 is 0 Å². The van der Waals surface area contributed by atoms with Gasteiger partial charge in [0.2, 0.25) is 0 Å². The fourth-order valence-electron chi connectivity index (χ4n) is 6.69.